The molecule has 0 radical (unpaired) electrons. The van der Waals surface area contributed by atoms with Gasteiger partial charge < -0.3 is 4.74 Å². The molecule has 0 heterocycles. The molecule has 0 spiro atoms. The normalized spacial score (nSPS) is 11.2. The van der Waals surface area contributed by atoms with Crippen molar-refractivity contribution in [3.05, 3.63) is 52.3 Å². The lowest BCUT2D eigenvalue weighted by molar-refractivity contribution is 0.416. The summed E-state index contributed by atoms with van der Waals surface area (Å²) >= 11 is 3.32. The summed E-state index contributed by atoms with van der Waals surface area (Å²) in [5, 5.41) is 0. The molecule has 2 aromatic carbocycles. The lowest BCUT2D eigenvalue weighted by atomic mass is 10.2. The Morgan fingerprint density at radius 3 is 2.38 bits per heavy atom. The largest absolute Gasteiger partial charge is 0.495 e. The van der Waals surface area contributed by atoms with Crippen molar-refractivity contribution in [2.75, 3.05) is 11.8 Å². The second-order valence-electron chi connectivity index (χ2n) is 4.36. The predicted octanol–water partition coefficient (Wildman–Crippen LogP) is 3.71. The third kappa shape index (κ3) is 3.54. The van der Waals surface area contributed by atoms with E-state index in [0.29, 0.717) is 17.0 Å². The van der Waals surface area contributed by atoms with Gasteiger partial charge in [0.15, 0.2) is 0 Å². The molecule has 112 valence electrons. The number of nitrogens with one attached hydrogen (secondary N) is 1. The molecule has 4 nitrogen and oxygen atoms in total. The molecule has 0 saturated heterocycles. The van der Waals surface area contributed by atoms with E-state index >= 15 is 0 Å². The van der Waals surface area contributed by atoms with Crippen molar-refractivity contribution < 1.29 is 17.5 Å². The van der Waals surface area contributed by atoms with E-state index in [9.17, 15) is 12.8 Å². The third-order valence-electron chi connectivity index (χ3n) is 2.84. The van der Waals surface area contributed by atoms with Crippen molar-refractivity contribution in [2.24, 2.45) is 0 Å². The van der Waals surface area contributed by atoms with Crippen LogP contribution in [0.4, 0.5) is 10.1 Å². The van der Waals surface area contributed by atoms with Crippen LogP contribution in [0.25, 0.3) is 0 Å². The first-order chi connectivity index (χ1) is 9.83. The standard InChI is InChI=1S/C14H13BrFNO3S/c1-9-7-10(15)8-13(20-2)14(9)17-21(18,19)12-5-3-11(16)4-6-12/h3-8,17H,1-2H3. The first-order valence-corrected chi connectivity index (χ1v) is 8.23. The Hall–Kier alpha value is -1.60. The van der Waals surface area contributed by atoms with Crippen LogP contribution in [0.15, 0.2) is 45.8 Å². The van der Waals surface area contributed by atoms with Gasteiger partial charge in [0.2, 0.25) is 0 Å². The zero-order valence-electron chi connectivity index (χ0n) is 11.4. The van der Waals surface area contributed by atoms with E-state index < -0.39 is 15.8 Å². The maximum absolute atomic E-state index is 12.9. The first-order valence-electron chi connectivity index (χ1n) is 5.96. The highest BCUT2D eigenvalue weighted by molar-refractivity contribution is 9.10. The maximum Gasteiger partial charge on any atom is 0.262 e. The SMILES string of the molecule is COc1cc(Br)cc(C)c1NS(=O)(=O)c1ccc(F)cc1. The molecule has 0 fully saturated rings. The summed E-state index contributed by atoms with van der Waals surface area (Å²) in [6, 6.07) is 8.04. The molecule has 0 aromatic heterocycles. The zero-order valence-corrected chi connectivity index (χ0v) is 13.8. The Labute approximate surface area is 131 Å². The molecule has 0 saturated carbocycles. The number of halogens is 2. The average molecular weight is 374 g/mol. The van der Waals surface area contributed by atoms with Gasteiger partial charge in [0, 0.05) is 4.47 Å². The number of aryl methyl sites for hydroxylation is 1. The number of rotatable bonds is 4. The number of ether oxygens (including phenoxy) is 1. The average Bonchev–Trinajstić information content (AvgIpc) is 2.42. The number of hydrogen-bond acceptors (Lipinski definition) is 3. The van der Waals surface area contributed by atoms with Gasteiger partial charge in [0.25, 0.3) is 10.0 Å². The molecule has 7 heteroatoms. The van der Waals surface area contributed by atoms with E-state index in [0.717, 1.165) is 16.6 Å². The van der Waals surface area contributed by atoms with E-state index in [1.165, 1.54) is 19.2 Å². The fourth-order valence-corrected chi connectivity index (χ4v) is 3.51. The fourth-order valence-electron chi connectivity index (χ4n) is 1.81. The van der Waals surface area contributed by atoms with Gasteiger partial charge in [-0.25, -0.2) is 12.8 Å². The van der Waals surface area contributed by atoms with Gasteiger partial charge in [-0.2, -0.15) is 0 Å². The monoisotopic (exact) mass is 373 g/mol. The molecule has 0 aliphatic rings. The molecule has 2 rings (SSSR count). The van der Waals surface area contributed by atoms with Crippen molar-refractivity contribution >= 4 is 31.6 Å². The molecule has 0 bridgehead atoms. The summed E-state index contributed by atoms with van der Waals surface area (Å²) in [4.78, 5) is -0.0201. The van der Waals surface area contributed by atoms with Crippen LogP contribution in [0, 0.1) is 12.7 Å². The van der Waals surface area contributed by atoms with Crippen molar-refractivity contribution in [2.45, 2.75) is 11.8 Å². The van der Waals surface area contributed by atoms with Crippen LogP contribution in [0.3, 0.4) is 0 Å². The highest BCUT2D eigenvalue weighted by Gasteiger charge is 2.18. The van der Waals surface area contributed by atoms with Gasteiger partial charge in [-0.15, -0.1) is 0 Å². The zero-order chi connectivity index (χ0) is 15.6. The van der Waals surface area contributed by atoms with Crippen molar-refractivity contribution in [3.8, 4) is 5.75 Å². The number of anilines is 1. The second kappa shape index (κ2) is 6.03. The Morgan fingerprint density at radius 2 is 1.81 bits per heavy atom. The van der Waals surface area contributed by atoms with Gasteiger partial charge in [-0.3, -0.25) is 4.72 Å². The smallest absolute Gasteiger partial charge is 0.262 e. The van der Waals surface area contributed by atoms with Crippen LogP contribution in [-0.4, -0.2) is 15.5 Å². The molecule has 1 N–H and O–H groups in total. The van der Waals surface area contributed by atoms with E-state index in [4.69, 9.17) is 4.74 Å². The van der Waals surface area contributed by atoms with E-state index in [-0.39, 0.29) is 4.90 Å². The van der Waals surface area contributed by atoms with Gasteiger partial charge in [-0.1, -0.05) is 15.9 Å². The Kier molecular flexibility index (Phi) is 4.53. The minimum atomic E-state index is -3.81. The second-order valence-corrected chi connectivity index (χ2v) is 6.96. The number of methoxy groups -OCH3 is 1. The number of sulfonamides is 1. The predicted molar refractivity (Wildman–Crippen MR) is 82.6 cm³/mol. The topological polar surface area (TPSA) is 55.4 Å². The van der Waals surface area contributed by atoms with Crippen LogP contribution in [0.1, 0.15) is 5.56 Å². The lowest BCUT2D eigenvalue weighted by Gasteiger charge is -2.15. The molecule has 0 amide bonds. The summed E-state index contributed by atoms with van der Waals surface area (Å²) in [5.41, 5.74) is 1.05. The molecular weight excluding hydrogens is 361 g/mol. The number of hydrogen-bond donors (Lipinski definition) is 1. The van der Waals surface area contributed by atoms with Crippen LogP contribution in [0.5, 0.6) is 5.75 Å². The van der Waals surface area contributed by atoms with Gasteiger partial charge in [-0.05, 0) is 48.9 Å². The highest BCUT2D eigenvalue weighted by Crippen LogP contribution is 2.33. The van der Waals surface area contributed by atoms with Crippen molar-refractivity contribution in [3.63, 3.8) is 0 Å². The van der Waals surface area contributed by atoms with E-state index in [2.05, 4.69) is 20.7 Å². The summed E-state index contributed by atoms with van der Waals surface area (Å²) in [6.45, 7) is 1.76. The Morgan fingerprint density at radius 1 is 1.19 bits per heavy atom. The van der Waals surface area contributed by atoms with Crippen LogP contribution in [0.2, 0.25) is 0 Å². The number of benzene rings is 2. The van der Waals surface area contributed by atoms with Crippen LogP contribution >= 0.6 is 15.9 Å². The minimum absolute atomic E-state index is 0.0201. The highest BCUT2D eigenvalue weighted by atomic mass is 79.9. The van der Waals surface area contributed by atoms with E-state index in [1.807, 2.05) is 0 Å². The van der Waals surface area contributed by atoms with E-state index in [1.54, 1.807) is 19.1 Å². The van der Waals surface area contributed by atoms with Crippen molar-refractivity contribution in [1.29, 1.82) is 0 Å². The molecule has 0 unspecified atom stereocenters. The summed E-state index contributed by atoms with van der Waals surface area (Å²) in [7, 11) is -2.35. The van der Waals surface area contributed by atoms with Crippen LogP contribution < -0.4 is 9.46 Å². The molecular formula is C14H13BrFNO3S. The Bertz CT molecular complexity index is 761. The summed E-state index contributed by atoms with van der Waals surface area (Å²) < 4.78 is 46.0. The van der Waals surface area contributed by atoms with Crippen LogP contribution in [-0.2, 0) is 10.0 Å². The first kappa shape index (κ1) is 15.8. The van der Waals surface area contributed by atoms with Gasteiger partial charge in [0.05, 0.1) is 17.7 Å². The maximum atomic E-state index is 12.9. The molecule has 21 heavy (non-hydrogen) atoms. The Balaban J connectivity index is 2.44. The summed E-state index contributed by atoms with van der Waals surface area (Å²) in [5.74, 6) is -0.0982. The molecule has 2 aromatic rings. The minimum Gasteiger partial charge on any atom is -0.495 e. The third-order valence-corrected chi connectivity index (χ3v) is 4.67. The van der Waals surface area contributed by atoms with Gasteiger partial charge in [0.1, 0.15) is 11.6 Å². The molecule has 0 aliphatic carbocycles. The molecule has 0 atom stereocenters. The van der Waals surface area contributed by atoms with Gasteiger partial charge >= 0.3 is 0 Å². The molecule has 0 aliphatic heterocycles. The quantitative estimate of drug-likeness (QED) is 0.888. The lowest BCUT2D eigenvalue weighted by Crippen LogP contribution is -2.14. The van der Waals surface area contributed by atoms with Crippen molar-refractivity contribution in [1.82, 2.24) is 0 Å². The summed E-state index contributed by atoms with van der Waals surface area (Å²) in [6.07, 6.45) is 0. The fraction of sp³-hybridized carbons (Fsp3) is 0.143.